The van der Waals surface area contributed by atoms with E-state index in [1.807, 2.05) is 13.0 Å². The van der Waals surface area contributed by atoms with Crippen LogP contribution in [0.25, 0.3) is 0 Å². The fourth-order valence-electron chi connectivity index (χ4n) is 2.11. The number of rotatable bonds is 2. The molecule has 1 aliphatic rings. The van der Waals surface area contributed by atoms with Crippen molar-refractivity contribution in [1.29, 1.82) is 0 Å². The first-order valence-corrected chi connectivity index (χ1v) is 6.27. The average Bonchev–Trinajstić information content (AvgIpc) is 2.33. The lowest BCUT2D eigenvalue weighted by Gasteiger charge is -2.35. The zero-order chi connectivity index (χ0) is 12.4. The fourth-order valence-corrected chi connectivity index (χ4v) is 2.26. The highest BCUT2D eigenvalue weighted by molar-refractivity contribution is 6.31. The van der Waals surface area contributed by atoms with Crippen LogP contribution >= 0.6 is 11.6 Å². The second-order valence-corrected chi connectivity index (χ2v) is 4.97. The molecule has 1 saturated heterocycles. The molecule has 0 N–H and O–H groups in total. The zero-order valence-corrected chi connectivity index (χ0v) is 11.4. The Labute approximate surface area is 108 Å². The standard InChI is InChI=1S/C13H19ClN2O/c1-10-8-12(13(17-3)9-11(10)14)16-6-4-15(2)5-7-16/h8-9H,4-7H2,1-3H3. The van der Waals surface area contributed by atoms with Gasteiger partial charge in [-0.15, -0.1) is 0 Å². The quantitative estimate of drug-likeness (QED) is 0.806. The number of aryl methyl sites for hydroxylation is 1. The summed E-state index contributed by atoms with van der Waals surface area (Å²) in [5, 5.41) is 0.764. The molecule has 0 aromatic heterocycles. The fraction of sp³-hybridized carbons (Fsp3) is 0.538. The largest absolute Gasteiger partial charge is 0.495 e. The summed E-state index contributed by atoms with van der Waals surface area (Å²) in [5.41, 5.74) is 2.25. The molecule has 0 saturated carbocycles. The Morgan fingerprint density at radius 3 is 2.41 bits per heavy atom. The minimum absolute atomic E-state index is 0.764. The molecule has 2 rings (SSSR count). The van der Waals surface area contributed by atoms with Gasteiger partial charge in [0, 0.05) is 37.3 Å². The SMILES string of the molecule is COc1cc(Cl)c(C)cc1N1CCN(C)CC1. The minimum Gasteiger partial charge on any atom is -0.495 e. The molecule has 3 nitrogen and oxygen atoms in total. The minimum atomic E-state index is 0.764. The van der Waals surface area contributed by atoms with E-state index in [9.17, 15) is 0 Å². The van der Waals surface area contributed by atoms with Gasteiger partial charge in [-0.05, 0) is 25.6 Å². The van der Waals surface area contributed by atoms with E-state index in [2.05, 4.69) is 22.9 Å². The molecule has 0 bridgehead atoms. The van der Waals surface area contributed by atoms with Crippen molar-refractivity contribution < 1.29 is 4.74 Å². The lowest BCUT2D eigenvalue weighted by Crippen LogP contribution is -2.44. The van der Waals surface area contributed by atoms with Crippen LogP contribution in [0.15, 0.2) is 12.1 Å². The Hall–Kier alpha value is -0.930. The second kappa shape index (κ2) is 5.15. The van der Waals surface area contributed by atoms with Crippen molar-refractivity contribution >= 4 is 17.3 Å². The number of hydrogen-bond acceptors (Lipinski definition) is 3. The van der Waals surface area contributed by atoms with Crippen molar-refractivity contribution in [2.45, 2.75) is 6.92 Å². The van der Waals surface area contributed by atoms with E-state index in [4.69, 9.17) is 16.3 Å². The molecule has 0 unspecified atom stereocenters. The lowest BCUT2D eigenvalue weighted by atomic mass is 10.1. The maximum Gasteiger partial charge on any atom is 0.143 e. The predicted octanol–water partition coefficient (Wildman–Crippen LogP) is 2.41. The number of halogens is 1. The Balaban J connectivity index is 2.27. The molecular formula is C13H19ClN2O. The molecule has 1 fully saturated rings. The van der Waals surface area contributed by atoms with Gasteiger partial charge in [-0.25, -0.2) is 0 Å². The summed E-state index contributed by atoms with van der Waals surface area (Å²) >= 11 is 6.12. The van der Waals surface area contributed by atoms with Crippen LogP contribution in [0, 0.1) is 6.92 Å². The van der Waals surface area contributed by atoms with Gasteiger partial charge < -0.3 is 14.5 Å². The first kappa shape index (κ1) is 12.5. The zero-order valence-electron chi connectivity index (χ0n) is 10.7. The summed E-state index contributed by atoms with van der Waals surface area (Å²) in [4.78, 5) is 4.70. The molecule has 1 aromatic carbocycles. The van der Waals surface area contributed by atoms with Gasteiger partial charge >= 0.3 is 0 Å². The van der Waals surface area contributed by atoms with Crippen LogP contribution in [-0.2, 0) is 0 Å². The van der Waals surface area contributed by atoms with Crippen LogP contribution < -0.4 is 9.64 Å². The summed E-state index contributed by atoms with van der Waals surface area (Å²) in [7, 11) is 3.85. The Bertz CT molecular complexity index is 401. The van der Waals surface area contributed by atoms with E-state index in [1.165, 1.54) is 0 Å². The van der Waals surface area contributed by atoms with Gasteiger partial charge in [-0.1, -0.05) is 11.6 Å². The predicted molar refractivity (Wildman–Crippen MR) is 72.5 cm³/mol. The number of anilines is 1. The van der Waals surface area contributed by atoms with E-state index < -0.39 is 0 Å². The Kier molecular flexibility index (Phi) is 3.79. The maximum atomic E-state index is 6.12. The van der Waals surface area contributed by atoms with Crippen molar-refractivity contribution in [3.05, 3.63) is 22.7 Å². The van der Waals surface area contributed by atoms with Gasteiger partial charge in [0.15, 0.2) is 0 Å². The van der Waals surface area contributed by atoms with E-state index in [1.54, 1.807) is 7.11 Å². The first-order chi connectivity index (χ1) is 8.11. The highest BCUT2D eigenvalue weighted by Crippen LogP contribution is 2.34. The maximum absolute atomic E-state index is 6.12. The molecule has 17 heavy (non-hydrogen) atoms. The molecule has 4 heteroatoms. The molecule has 0 spiro atoms. The van der Waals surface area contributed by atoms with Crippen molar-refractivity contribution in [2.24, 2.45) is 0 Å². The second-order valence-electron chi connectivity index (χ2n) is 4.56. The molecule has 94 valence electrons. The van der Waals surface area contributed by atoms with Crippen LogP contribution in [0.3, 0.4) is 0 Å². The highest BCUT2D eigenvalue weighted by Gasteiger charge is 2.18. The average molecular weight is 255 g/mol. The van der Waals surface area contributed by atoms with Crippen molar-refractivity contribution in [1.82, 2.24) is 4.90 Å². The van der Waals surface area contributed by atoms with Gasteiger partial charge in [0.1, 0.15) is 5.75 Å². The Morgan fingerprint density at radius 2 is 1.82 bits per heavy atom. The van der Waals surface area contributed by atoms with Gasteiger partial charge in [0.25, 0.3) is 0 Å². The van der Waals surface area contributed by atoms with Crippen molar-refractivity contribution in [3.8, 4) is 5.75 Å². The molecule has 1 heterocycles. The van der Waals surface area contributed by atoms with Crippen molar-refractivity contribution in [2.75, 3.05) is 45.2 Å². The smallest absolute Gasteiger partial charge is 0.143 e. The lowest BCUT2D eigenvalue weighted by molar-refractivity contribution is 0.311. The first-order valence-electron chi connectivity index (χ1n) is 5.89. The Morgan fingerprint density at radius 1 is 1.18 bits per heavy atom. The van der Waals surface area contributed by atoms with Gasteiger partial charge in [-0.2, -0.15) is 0 Å². The van der Waals surface area contributed by atoms with Gasteiger partial charge in [-0.3, -0.25) is 0 Å². The van der Waals surface area contributed by atoms with Crippen molar-refractivity contribution in [3.63, 3.8) is 0 Å². The van der Waals surface area contributed by atoms with E-state index >= 15 is 0 Å². The highest BCUT2D eigenvalue weighted by atomic mass is 35.5. The summed E-state index contributed by atoms with van der Waals surface area (Å²) < 4.78 is 5.42. The number of hydrogen-bond donors (Lipinski definition) is 0. The molecule has 1 aliphatic heterocycles. The molecule has 1 aromatic rings. The molecule has 0 aliphatic carbocycles. The van der Waals surface area contributed by atoms with E-state index in [-0.39, 0.29) is 0 Å². The van der Waals surface area contributed by atoms with Crippen LogP contribution in [0.5, 0.6) is 5.75 Å². The van der Waals surface area contributed by atoms with Crippen LogP contribution in [0.4, 0.5) is 5.69 Å². The van der Waals surface area contributed by atoms with Gasteiger partial charge in [0.05, 0.1) is 12.8 Å². The summed E-state index contributed by atoms with van der Waals surface area (Å²) in [6.07, 6.45) is 0. The third-order valence-corrected chi connectivity index (χ3v) is 3.71. The number of ether oxygens (including phenoxy) is 1. The molecule has 0 radical (unpaired) electrons. The van der Waals surface area contributed by atoms with Crippen LogP contribution in [0.1, 0.15) is 5.56 Å². The summed E-state index contributed by atoms with van der Waals surface area (Å²) in [5.74, 6) is 0.866. The number of likely N-dealkylation sites (N-methyl/N-ethyl adjacent to an activating group) is 1. The normalized spacial score (nSPS) is 17.3. The van der Waals surface area contributed by atoms with Crippen LogP contribution in [-0.4, -0.2) is 45.2 Å². The summed E-state index contributed by atoms with van der Waals surface area (Å²) in [6, 6.07) is 4.02. The molecule has 0 amide bonds. The van der Waals surface area contributed by atoms with E-state index in [0.29, 0.717) is 0 Å². The topological polar surface area (TPSA) is 15.7 Å². The van der Waals surface area contributed by atoms with Crippen LogP contribution in [0.2, 0.25) is 5.02 Å². The number of piperazine rings is 1. The summed E-state index contributed by atoms with van der Waals surface area (Å²) in [6.45, 7) is 6.28. The number of methoxy groups -OCH3 is 1. The molecular weight excluding hydrogens is 236 g/mol. The van der Waals surface area contributed by atoms with Gasteiger partial charge in [0.2, 0.25) is 0 Å². The molecule has 0 atom stereocenters. The monoisotopic (exact) mass is 254 g/mol. The van der Waals surface area contributed by atoms with E-state index in [0.717, 1.165) is 48.2 Å². The third-order valence-electron chi connectivity index (χ3n) is 3.30. The third kappa shape index (κ3) is 2.67. The number of nitrogens with zero attached hydrogens (tertiary/aromatic N) is 2. The number of benzene rings is 1.